The number of amides is 2. The van der Waals surface area contributed by atoms with Crippen molar-refractivity contribution in [2.75, 3.05) is 26.2 Å². The van der Waals surface area contributed by atoms with Gasteiger partial charge in [0.2, 0.25) is 0 Å². The van der Waals surface area contributed by atoms with Crippen molar-refractivity contribution in [2.45, 2.75) is 6.42 Å². The Balaban J connectivity index is 1.49. The molecule has 0 bridgehead atoms. The molecule has 3 aromatic rings. The summed E-state index contributed by atoms with van der Waals surface area (Å²) in [6, 6.07) is 8.63. The number of H-pyrrole nitrogens is 1. The SMILES string of the molecule is Cn1c(=O)[nH]c2cc(C(=O)N3CCCN(C(=O)c4ccncc4)CC3)ccc21. The van der Waals surface area contributed by atoms with Crippen molar-refractivity contribution in [1.82, 2.24) is 24.3 Å². The minimum absolute atomic E-state index is 0.0417. The number of hydrogen-bond donors (Lipinski definition) is 1. The van der Waals surface area contributed by atoms with E-state index < -0.39 is 0 Å². The molecule has 1 aliphatic heterocycles. The summed E-state index contributed by atoms with van der Waals surface area (Å²) in [6.45, 7) is 2.15. The predicted molar refractivity (Wildman–Crippen MR) is 104 cm³/mol. The van der Waals surface area contributed by atoms with Gasteiger partial charge in [0.15, 0.2) is 0 Å². The highest BCUT2D eigenvalue weighted by Gasteiger charge is 2.24. The van der Waals surface area contributed by atoms with E-state index in [1.165, 1.54) is 4.57 Å². The maximum Gasteiger partial charge on any atom is 0.326 e. The fourth-order valence-corrected chi connectivity index (χ4v) is 3.55. The lowest BCUT2D eigenvalue weighted by Crippen LogP contribution is -2.37. The van der Waals surface area contributed by atoms with Crippen molar-refractivity contribution in [3.05, 3.63) is 64.3 Å². The van der Waals surface area contributed by atoms with Gasteiger partial charge in [-0.25, -0.2) is 4.79 Å². The van der Waals surface area contributed by atoms with Crippen LogP contribution in [0.15, 0.2) is 47.5 Å². The lowest BCUT2D eigenvalue weighted by Gasteiger charge is -2.22. The molecule has 8 heteroatoms. The second-order valence-electron chi connectivity index (χ2n) is 6.89. The molecule has 2 amide bonds. The highest BCUT2D eigenvalue weighted by Crippen LogP contribution is 2.16. The van der Waals surface area contributed by atoms with Crippen LogP contribution in [-0.4, -0.2) is 62.3 Å². The molecule has 4 rings (SSSR count). The lowest BCUT2D eigenvalue weighted by molar-refractivity contribution is 0.0719. The molecule has 28 heavy (non-hydrogen) atoms. The van der Waals surface area contributed by atoms with E-state index in [-0.39, 0.29) is 17.5 Å². The second kappa shape index (κ2) is 7.30. The first kappa shape index (κ1) is 18.0. The van der Waals surface area contributed by atoms with Crippen LogP contribution in [-0.2, 0) is 7.05 Å². The zero-order valence-corrected chi connectivity index (χ0v) is 15.6. The summed E-state index contributed by atoms with van der Waals surface area (Å²) in [5.74, 6) is -0.134. The summed E-state index contributed by atoms with van der Waals surface area (Å²) in [4.78, 5) is 47.6. The van der Waals surface area contributed by atoms with Crippen LogP contribution in [0.2, 0.25) is 0 Å². The highest BCUT2D eigenvalue weighted by molar-refractivity contribution is 5.97. The van der Waals surface area contributed by atoms with Gasteiger partial charge in [0.25, 0.3) is 11.8 Å². The number of imidazole rings is 1. The molecule has 1 N–H and O–H groups in total. The average molecular weight is 379 g/mol. The number of nitrogens with one attached hydrogen (secondary N) is 1. The van der Waals surface area contributed by atoms with Gasteiger partial charge in [-0.3, -0.25) is 19.1 Å². The predicted octanol–water partition coefficient (Wildman–Crippen LogP) is 1.25. The smallest absolute Gasteiger partial charge is 0.326 e. The fourth-order valence-electron chi connectivity index (χ4n) is 3.55. The number of aromatic amines is 1. The monoisotopic (exact) mass is 379 g/mol. The first-order valence-electron chi connectivity index (χ1n) is 9.22. The largest absolute Gasteiger partial charge is 0.337 e. The summed E-state index contributed by atoms with van der Waals surface area (Å²) in [5, 5.41) is 0. The van der Waals surface area contributed by atoms with Crippen LogP contribution in [0, 0.1) is 0 Å². The zero-order valence-electron chi connectivity index (χ0n) is 15.6. The van der Waals surface area contributed by atoms with Crippen LogP contribution < -0.4 is 5.69 Å². The Morgan fingerprint density at radius 1 is 0.929 bits per heavy atom. The molecule has 1 fully saturated rings. The van der Waals surface area contributed by atoms with Gasteiger partial charge in [0, 0.05) is 56.7 Å². The summed E-state index contributed by atoms with van der Waals surface area (Å²) in [6.07, 6.45) is 3.92. The Morgan fingerprint density at radius 2 is 1.57 bits per heavy atom. The van der Waals surface area contributed by atoms with E-state index in [1.54, 1.807) is 59.6 Å². The molecule has 0 atom stereocenters. The quantitative estimate of drug-likeness (QED) is 0.725. The van der Waals surface area contributed by atoms with E-state index >= 15 is 0 Å². The van der Waals surface area contributed by atoms with Crippen molar-refractivity contribution in [3.63, 3.8) is 0 Å². The van der Waals surface area contributed by atoms with E-state index in [9.17, 15) is 14.4 Å². The molecular weight excluding hydrogens is 358 g/mol. The normalized spacial score (nSPS) is 14.9. The second-order valence-corrected chi connectivity index (χ2v) is 6.89. The molecule has 1 aromatic carbocycles. The summed E-state index contributed by atoms with van der Waals surface area (Å²) >= 11 is 0. The minimum atomic E-state index is -0.209. The van der Waals surface area contributed by atoms with Gasteiger partial charge in [-0.15, -0.1) is 0 Å². The number of aryl methyl sites for hydroxylation is 1. The van der Waals surface area contributed by atoms with Crippen LogP contribution in [0.5, 0.6) is 0 Å². The van der Waals surface area contributed by atoms with Gasteiger partial charge in [0.1, 0.15) is 0 Å². The fraction of sp³-hybridized carbons (Fsp3) is 0.300. The number of rotatable bonds is 2. The Kier molecular flexibility index (Phi) is 4.68. The first-order valence-corrected chi connectivity index (χ1v) is 9.22. The van der Waals surface area contributed by atoms with Crippen molar-refractivity contribution < 1.29 is 9.59 Å². The zero-order chi connectivity index (χ0) is 19.7. The first-order chi connectivity index (χ1) is 13.5. The van der Waals surface area contributed by atoms with E-state index in [0.29, 0.717) is 49.2 Å². The maximum atomic E-state index is 12.9. The Bertz CT molecular complexity index is 1090. The topological polar surface area (TPSA) is 91.3 Å². The molecule has 0 radical (unpaired) electrons. The number of fused-ring (bicyclic) bond motifs is 1. The van der Waals surface area contributed by atoms with Crippen LogP contribution >= 0.6 is 0 Å². The highest BCUT2D eigenvalue weighted by atomic mass is 16.2. The summed E-state index contributed by atoms with van der Waals surface area (Å²) < 4.78 is 1.51. The standard InChI is InChI=1S/C20H21N5O3/c1-23-17-4-3-15(13-16(17)22-20(23)28)19(27)25-10-2-9-24(11-12-25)18(26)14-5-7-21-8-6-14/h3-8,13H,2,9-12H2,1H3,(H,22,28). The van der Waals surface area contributed by atoms with Gasteiger partial charge in [-0.2, -0.15) is 0 Å². The van der Waals surface area contributed by atoms with Crippen LogP contribution in [0.1, 0.15) is 27.1 Å². The minimum Gasteiger partial charge on any atom is -0.337 e. The van der Waals surface area contributed by atoms with Gasteiger partial charge in [-0.1, -0.05) is 0 Å². The van der Waals surface area contributed by atoms with Crippen molar-refractivity contribution in [1.29, 1.82) is 0 Å². The van der Waals surface area contributed by atoms with Gasteiger partial charge in [0.05, 0.1) is 11.0 Å². The number of carbonyl (C=O) groups is 2. The van der Waals surface area contributed by atoms with E-state index in [2.05, 4.69) is 9.97 Å². The molecule has 8 nitrogen and oxygen atoms in total. The van der Waals surface area contributed by atoms with Crippen LogP contribution in [0.25, 0.3) is 11.0 Å². The van der Waals surface area contributed by atoms with E-state index in [0.717, 1.165) is 5.52 Å². The number of hydrogen-bond acceptors (Lipinski definition) is 4. The number of carbonyl (C=O) groups excluding carboxylic acids is 2. The van der Waals surface area contributed by atoms with Crippen molar-refractivity contribution >= 4 is 22.8 Å². The molecule has 0 unspecified atom stereocenters. The van der Waals surface area contributed by atoms with E-state index in [1.807, 2.05) is 0 Å². The molecule has 0 saturated carbocycles. The third-order valence-corrected chi connectivity index (χ3v) is 5.15. The molecular formula is C20H21N5O3. The number of benzene rings is 1. The lowest BCUT2D eigenvalue weighted by atomic mass is 10.1. The molecule has 1 aliphatic rings. The molecule has 3 heterocycles. The molecule has 0 aliphatic carbocycles. The number of aromatic nitrogens is 3. The molecule has 2 aromatic heterocycles. The van der Waals surface area contributed by atoms with Crippen molar-refractivity contribution in [2.24, 2.45) is 7.05 Å². The van der Waals surface area contributed by atoms with Gasteiger partial charge in [-0.05, 0) is 36.8 Å². The molecule has 1 saturated heterocycles. The van der Waals surface area contributed by atoms with Gasteiger partial charge < -0.3 is 14.8 Å². The van der Waals surface area contributed by atoms with Crippen molar-refractivity contribution in [3.8, 4) is 0 Å². The average Bonchev–Trinajstić information content (AvgIpc) is 2.90. The van der Waals surface area contributed by atoms with Crippen LogP contribution in [0.4, 0.5) is 0 Å². The van der Waals surface area contributed by atoms with Crippen LogP contribution in [0.3, 0.4) is 0 Å². The Hall–Kier alpha value is -3.42. The molecule has 144 valence electrons. The number of nitrogens with zero attached hydrogens (tertiary/aromatic N) is 4. The summed E-state index contributed by atoms with van der Waals surface area (Å²) in [7, 11) is 1.69. The maximum absolute atomic E-state index is 12.9. The number of pyridine rings is 1. The summed E-state index contributed by atoms with van der Waals surface area (Å²) in [5.41, 5.74) is 2.32. The molecule has 0 spiro atoms. The Morgan fingerprint density at radius 3 is 2.25 bits per heavy atom. The third-order valence-electron chi connectivity index (χ3n) is 5.15. The Labute approximate surface area is 161 Å². The van der Waals surface area contributed by atoms with Gasteiger partial charge >= 0.3 is 5.69 Å². The third kappa shape index (κ3) is 3.28. The van der Waals surface area contributed by atoms with E-state index in [4.69, 9.17) is 0 Å².